The molecule has 8 heteroatoms. The molecule has 0 spiro atoms. The lowest BCUT2D eigenvalue weighted by atomic mass is 10.1. The maximum absolute atomic E-state index is 11.9. The van der Waals surface area contributed by atoms with Crippen molar-refractivity contribution in [1.82, 2.24) is 14.8 Å². The third-order valence-corrected chi connectivity index (χ3v) is 6.42. The van der Waals surface area contributed by atoms with Crippen LogP contribution in [0, 0.1) is 0 Å². The van der Waals surface area contributed by atoms with E-state index in [1.165, 1.54) is 17.5 Å². The Balaban J connectivity index is 1.37. The first-order chi connectivity index (χ1) is 15.0. The van der Waals surface area contributed by atoms with E-state index >= 15 is 0 Å². The van der Waals surface area contributed by atoms with Crippen molar-refractivity contribution < 1.29 is 0 Å². The van der Waals surface area contributed by atoms with Crippen LogP contribution in [-0.2, 0) is 6.54 Å². The summed E-state index contributed by atoms with van der Waals surface area (Å²) in [5.41, 5.74) is 2.23. The largest absolute Gasteiger partial charge is 0.381 e. The first-order valence-electron chi connectivity index (χ1n) is 10.2. The number of halogens is 1. The zero-order chi connectivity index (χ0) is 21.8. The Bertz CT molecular complexity index is 1150. The molecule has 1 atom stereocenters. The highest BCUT2D eigenvalue weighted by Crippen LogP contribution is 2.30. The molecule has 6 nitrogen and oxygen atoms in total. The van der Waals surface area contributed by atoms with Crippen LogP contribution in [0.4, 0.5) is 5.69 Å². The van der Waals surface area contributed by atoms with E-state index in [2.05, 4.69) is 31.7 Å². The Kier molecular flexibility index (Phi) is 6.85. The van der Waals surface area contributed by atoms with Gasteiger partial charge in [0.2, 0.25) is 0 Å². The minimum absolute atomic E-state index is 0.0519. The van der Waals surface area contributed by atoms with E-state index in [9.17, 15) is 4.79 Å². The molecule has 1 saturated heterocycles. The van der Waals surface area contributed by atoms with E-state index in [0.29, 0.717) is 11.4 Å². The SMILES string of the molecule is CN(C)/C=N/Sc1cc(CN2CC[C@H](Nc3ccc4c(=O)[nH]ccc4c3)C2)ccc1Cl. The summed E-state index contributed by atoms with van der Waals surface area (Å²) >= 11 is 7.73. The number of nitrogens with zero attached hydrogens (tertiary/aromatic N) is 3. The number of likely N-dealkylation sites (tertiary alicyclic amines) is 1. The first kappa shape index (κ1) is 21.7. The van der Waals surface area contributed by atoms with E-state index in [1.807, 2.05) is 49.3 Å². The number of anilines is 1. The molecule has 0 radical (unpaired) electrons. The van der Waals surface area contributed by atoms with Crippen LogP contribution in [-0.4, -0.2) is 54.3 Å². The molecule has 0 unspecified atom stereocenters. The fraction of sp³-hybridized carbons (Fsp3) is 0.304. The van der Waals surface area contributed by atoms with Gasteiger partial charge in [-0.05, 0) is 53.8 Å². The van der Waals surface area contributed by atoms with Crippen molar-refractivity contribution in [3.63, 3.8) is 0 Å². The average Bonchev–Trinajstić information content (AvgIpc) is 3.17. The summed E-state index contributed by atoms with van der Waals surface area (Å²) < 4.78 is 4.35. The Morgan fingerprint density at radius 1 is 1.29 bits per heavy atom. The van der Waals surface area contributed by atoms with E-state index in [1.54, 1.807) is 12.5 Å². The van der Waals surface area contributed by atoms with Gasteiger partial charge in [0.25, 0.3) is 5.56 Å². The monoisotopic (exact) mass is 455 g/mol. The minimum atomic E-state index is -0.0519. The summed E-state index contributed by atoms with van der Waals surface area (Å²) in [4.78, 5) is 19.9. The lowest BCUT2D eigenvalue weighted by Crippen LogP contribution is -2.26. The molecule has 0 bridgehead atoms. The zero-order valence-corrected chi connectivity index (χ0v) is 19.2. The summed E-state index contributed by atoms with van der Waals surface area (Å²) in [5.74, 6) is 0. The number of rotatable bonds is 7. The molecule has 2 aromatic carbocycles. The highest BCUT2D eigenvalue weighted by atomic mass is 35.5. The van der Waals surface area contributed by atoms with Crippen molar-refractivity contribution in [2.75, 3.05) is 32.5 Å². The van der Waals surface area contributed by atoms with Crippen LogP contribution in [0.1, 0.15) is 12.0 Å². The van der Waals surface area contributed by atoms with Crippen molar-refractivity contribution in [2.45, 2.75) is 23.9 Å². The second kappa shape index (κ2) is 9.77. The molecule has 0 amide bonds. The van der Waals surface area contributed by atoms with Gasteiger partial charge in [0.05, 0.1) is 11.4 Å². The van der Waals surface area contributed by atoms with Crippen LogP contribution in [0.15, 0.2) is 62.7 Å². The normalized spacial score (nSPS) is 16.9. The third-order valence-electron chi connectivity index (χ3n) is 5.25. The van der Waals surface area contributed by atoms with E-state index in [-0.39, 0.29) is 5.56 Å². The zero-order valence-electron chi connectivity index (χ0n) is 17.6. The highest BCUT2D eigenvalue weighted by molar-refractivity contribution is 7.98. The molecule has 4 rings (SSSR count). The fourth-order valence-electron chi connectivity index (χ4n) is 3.76. The summed E-state index contributed by atoms with van der Waals surface area (Å²) in [7, 11) is 3.88. The number of hydrogen-bond acceptors (Lipinski definition) is 5. The third kappa shape index (κ3) is 5.61. The number of H-pyrrole nitrogens is 1. The molecule has 162 valence electrons. The topological polar surface area (TPSA) is 63.7 Å². The maximum Gasteiger partial charge on any atom is 0.255 e. The number of nitrogens with one attached hydrogen (secondary N) is 2. The molecule has 1 aliphatic heterocycles. The first-order valence-corrected chi connectivity index (χ1v) is 11.4. The van der Waals surface area contributed by atoms with Crippen LogP contribution >= 0.6 is 23.5 Å². The van der Waals surface area contributed by atoms with Gasteiger partial charge in [-0.1, -0.05) is 17.7 Å². The van der Waals surface area contributed by atoms with Gasteiger partial charge in [-0.25, -0.2) is 4.40 Å². The molecule has 0 aliphatic carbocycles. The van der Waals surface area contributed by atoms with Gasteiger partial charge in [-0.2, -0.15) is 0 Å². The standard InChI is InChI=1S/C23H26ClN5OS/c1-28(2)15-26-31-22-11-16(3-6-21(22)24)13-29-10-8-19(14-29)27-18-4-5-20-17(12-18)7-9-25-23(20)30/h3-7,9,11-12,15,19,27H,8,10,13-14H2,1-2H3,(H,25,30)/b26-15+/t19-/m0/s1. The molecular formula is C23H26ClN5OS. The number of aromatic amines is 1. The molecule has 2 heterocycles. The summed E-state index contributed by atoms with van der Waals surface area (Å²) in [5, 5.41) is 6.01. The molecule has 1 aromatic heterocycles. The predicted octanol–water partition coefficient (Wildman–Crippen LogP) is 4.46. The van der Waals surface area contributed by atoms with Crippen LogP contribution < -0.4 is 10.9 Å². The van der Waals surface area contributed by atoms with Crippen LogP contribution in [0.2, 0.25) is 5.02 Å². The predicted molar refractivity (Wildman–Crippen MR) is 131 cm³/mol. The lowest BCUT2D eigenvalue weighted by Gasteiger charge is -2.18. The minimum Gasteiger partial charge on any atom is -0.381 e. The summed E-state index contributed by atoms with van der Waals surface area (Å²) in [6.45, 7) is 2.89. The molecule has 31 heavy (non-hydrogen) atoms. The van der Waals surface area contributed by atoms with Crippen LogP contribution in [0.25, 0.3) is 10.8 Å². The van der Waals surface area contributed by atoms with Gasteiger partial charge >= 0.3 is 0 Å². The van der Waals surface area contributed by atoms with Crippen molar-refractivity contribution >= 4 is 46.3 Å². The second-order valence-corrected chi connectivity index (χ2v) is 9.25. The van der Waals surface area contributed by atoms with Gasteiger partial charge < -0.3 is 15.2 Å². The number of pyridine rings is 1. The molecular weight excluding hydrogens is 430 g/mol. The van der Waals surface area contributed by atoms with Crippen molar-refractivity contribution in [3.8, 4) is 0 Å². The quantitative estimate of drug-likeness (QED) is 0.313. The van der Waals surface area contributed by atoms with Crippen molar-refractivity contribution in [2.24, 2.45) is 4.40 Å². The molecule has 1 fully saturated rings. The van der Waals surface area contributed by atoms with E-state index < -0.39 is 0 Å². The maximum atomic E-state index is 11.9. The highest BCUT2D eigenvalue weighted by Gasteiger charge is 2.22. The molecule has 2 N–H and O–H groups in total. The molecule has 0 saturated carbocycles. The Morgan fingerprint density at radius 3 is 3.00 bits per heavy atom. The van der Waals surface area contributed by atoms with Crippen LogP contribution in [0.5, 0.6) is 0 Å². The number of hydrogen-bond donors (Lipinski definition) is 2. The van der Waals surface area contributed by atoms with Gasteiger partial charge in [0, 0.05) is 73.9 Å². The van der Waals surface area contributed by atoms with Gasteiger partial charge in [0.1, 0.15) is 0 Å². The van der Waals surface area contributed by atoms with E-state index in [0.717, 1.165) is 47.0 Å². The summed E-state index contributed by atoms with van der Waals surface area (Å²) in [6, 6.07) is 14.4. The van der Waals surface area contributed by atoms with E-state index in [4.69, 9.17) is 11.6 Å². The number of aromatic nitrogens is 1. The smallest absolute Gasteiger partial charge is 0.255 e. The second-order valence-electron chi connectivity index (χ2n) is 8.01. The Morgan fingerprint density at radius 2 is 2.16 bits per heavy atom. The average molecular weight is 456 g/mol. The Labute approximate surface area is 191 Å². The Hall–Kier alpha value is -2.48. The van der Waals surface area contributed by atoms with Crippen molar-refractivity contribution in [1.29, 1.82) is 0 Å². The summed E-state index contributed by atoms with van der Waals surface area (Å²) in [6.07, 6.45) is 4.54. The van der Waals surface area contributed by atoms with Gasteiger partial charge in [-0.3, -0.25) is 9.69 Å². The van der Waals surface area contributed by atoms with Crippen LogP contribution in [0.3, 0.4) is 0 Å². The lowest BCUT2D eigenvalue weighted by molar-refractivity contribution is 0.328. The molecule has 3 aromatic rings. The van der Waals surface area contributed by atoms with Crippen molar-refractivity contribution in [3.05, 3.63) is 69.6 Å². The van der Waals surface area contributed by atoms with Gasteiger partial charge in [0.15, 0.2) is 0 Å². The number of benzene rings is 2. The van der Waals surface area contributed by atoms with Gasteiger partial charge in [-0.15, -0.1) is 0 Å². The molecule has 1 aliphatic rings. The fourth-order valence-corrected chi connectivity index (χ4v) is 4.69. The number of fused-ring (bicyclic) bond motifs is 1.